The highest BCUT2D eigenvalue weighted by Gasteiger charge is 2.34. The average molecular weight is 438 g/mol. The van der Waals surface area contributed by atoms with Gasteiger partial charge in [-0.2, -0.15) is 4.31 Å². The molecule has 1 amide bonds. The van der Waals surface area contributed by atoms with Crippen molar-refractivity contribution in [3.05, 3.63) is 58.9 Å². The van der Waals surface area contributed by atoms with Crippen molar-refractivity contribution in [2.75, 3.05) is 20.1 Å². The van der Waals surface area contributed by atoms with Gasteiger partial charge in [-0.3, -0.25) is 9.78 Å². The molecule has 0 saturated carbocycles. The highest BCUT2D eigenvalue weighted by molar-refractivity contribution is 7.89. The Labute approximate surface area is 176 Å². The van der Waals surface area contributed by atoms with Gasteiger partial charge in [0.15, 0.2) is 0 Å². The summed E-state index contributed by atoms with van der Waals surface area (Å²) < 4.78 is 33.4. The first-order chi connectivity index (χ1) is 13.7. The first kappa shape index (κ1) is 21.7. The van der Waals surface area contributed by atoms with Crippen LogP contribution in [0.3, 0.4) is 0 Å². The zero-order chi connectivity index (χ0) is 21.2. The quantitative estimate of drug-likeness (QED) is 0.718. The Hall–Kier alpha value is -2.00. The second-order valence-electron chi connectivity index (χ2n) is 7.21. The normalized spacial score (nSPS) is 20.4. The van der Waals surface area contributed by atoms with E-state index < -0.39 is 10.0 Å². The molecule has 3 rings (SSSR count). The third kappa shape index (κ3) is 4.95. The van der Waals surface area contributed by atoms with Crippen LogP contribution in [0.25, 0.3) is 0 Å². The maximum atomic E-state index is 13.2. The number of morpholine rings is 1. The maximum absolute atomic E-state index is 13.2. The SMILES string of the molecule is CC1CN(S(=O)(=O)c2cc(C(=O)N(C)Cc3ccccn3)ccc2Cl)CC(C)O1. The summed E-state index contributed by atoms with van der Waals surface area (Å²) in [6.45, 7) is 4.43. The molecule has 0 radical (unpaired) electrons. The van der Waals surface area contributed by atoms with Gasteiger partial charge in [0.2, 0.25) is 10.0 Å². The average Bonchev–Trinajstić information content (AvgIpc) is 2.67. The van der Waals surface area contributed by atoms with Crippen LogP contribution >= 0.6 is 11.6 Å². The molecule has 1 fully saturated rings. The Morgan fingerprint density at radius 3 is 2.55 bits per heavy atom. The fourth-order valence-electron chi connectivity index (χ4n) is 3.33. The Bertz CT molecular complexity index is 974. The molecule has 2 atom stereocenters. The number of hydrogen-bond acceptors (Lipinski definition) is 5. The van der Waals surface area contributed by atoms with E-state index in [1.54, 1.807) is 19.3 Å². The molecule has 0 aliphatic carbocycles. The lowest BCUT2D eigenvalue weighted by atomic mass is 10.2. The number of carbonyl (C=O) groups excluding carboxylic acids is 1. The lowest BCUT2D eigenvalue weighted by molar-refractivity contribution is -0.0440. The van der Waals surface area contributed by atoms with Crippen molar-refractivity contribution >= 4 is 27.5 Å². The van der Waals surface area contributed by atoms with E-state index >= 15 is 0 Å². The highest BCUT2D eigenvalue weighted by Crippen LogP contribution is 2.28. The number of halogens is 1. The largest absolute Gasteiger partial charge is 0.373 e. The Morgan fingerprint density at radius 2 is 1.93 bits per heavy atom. The van der Waals surface area contributed by atoms with Crippen molar-refractivity contribution < 1.29 is 17.9 Å². The summed E-state index contributed by atoms with van der Waals surface area (Å²) in [5, 5.41) is 0.0840. The van der Waals surface area contributed by atoms with E-state index in [2.05, 4.69) is 4.98 Å². The summed E-state index contributed by atoms with van der Waals surface area (Å²) in [5.41, 5.74) is 0.988. The van der Waals surface area contributed by atoms with E-state index in [4.69, 9.17) is 16.3 Å². The Balaban J connectivity index is 1.86. The van der Waals surface area contributed by atoms with Gasteiger partial charge in [0.1, 0.15) is 4.90 Å². The van der Waals surface area contributed by atoms with E-state index in [0.29, 0.717) is 6.54 Å². The number of benzene rings is 1. The number of nitrogens with zero attached hydrogens (tertiary/aromatic N) is 3. The van der Waals surface area contributed by atoms with Gasteiger partial charge >= 0.3 is 0 Å². The molecule has 2 heterocycles. The zero-order valence-electron chi connectivity index (χ0n) is 16.6. The van der Waals surface area contributed by atoms with Gasteiger partial charge in [0, 0.05) is 31.9 Å². The summed E-state index contributed by atoms with van der Waals surface area (Å²) in [7, 11) is -2.22. The summed E-state index contributed by atoms with van der Waals surface area (Å²) in [5.74, 6) is -0.313. The second-order valence-corrected chi connectivity index (χ2v) is 9.52. The fraction of sp³-hybridized carbons (Fsp3) is 0.400. The summed E-state index contributed by atoms with van der Waals surface area (Å²) >= 11 is 6.21. The van der Waals surface area contributed by atoms with Gasteiger partial charge in [-0.1, -0.05) is 17.7 Å². The predicted octanol–water partition coefficient (Wildman–Crippen LogP) is 2.81. The van der Waals surface area contributed by atoms with Gasteiger partial charge in [-0.05, 0) is 44.2 Å². The monoisotopic (exact) mass is 437 g/mol. The highest BCUT2D eigenvalue weighted by atomic mass is 35.5. The van der Waals surface area contributed by atoms with Gasteiger partial charge in [0.05, 0.1) is 29.5 Å². The molecule has 1 aromatic carbocycles. The number of pyridine rings is 1. The van der Waals surface area contributed by atoms with Crippen LogP contribution in [0.1, 0.15) is 29.9 Å². The van der Waals surface area contributed by atoms with Crippen molar-refractivity contribution in [3.63, 3.8) is 0 Å². The molecule has 0 spiro atoms. The van der Waals surface area contributed by atoms with E-state index in [1.165, 1.54) is 27.4 Å². The lowest BCUT2D eigenvalue weighted by Gasteiger charge is -2.34. The van der Waals surface area contributed by atoms with Gasteiger partial charge < -0.3 is 9.64 Å². The molecule has 156 valence electrons. The van der Waals surface area contributed by atoms with Gasteiger partial charge in [-0.15, -0.1) is 0 Å². The summed E-state index contributed by atoms with van der Waals surface area (Å²) in [6.07, 6.45) is 1.22. The number of rotatable bonds is 5. The maximum Gasteiger partial charge on any atom is 0.253 e. The number of ether oxygens (including phenoxy) is 1. The summed E-state index contributed by atoms with van der Waals surface area (Å²) in [4.78, 5) is 18.5. The molecule has 7 nitrogen and oxygen atoms in total. The molecule has 2 aromatic rings. The van der Waals surface area contributed by atoms with Crippen molar-refractivity contribution in [3.8, 4) is 0 Å². The number of hydrogen-bond donors (Lipinski definition) is 0. The molecule has 1 aliphatic heterocycles. The molecule has 1 aliphatic rings. The number of sulfonamides is 1. The van der Waals surface area contributed by atoms with Crippen LogP contribution in [0, 0.1) is 0 Å². The zero-order valence-corrected chi connectivity index (χ0v) is 18.2. The topological polar surface area (TPSA) is 79.8 Å². The standard InChI is InChI=1S/C20H24ClN3O4S/c1-14-11-24(12-15(2)28-14)29(26,27)19-10-16(7-8-18(19)21)20(25)23(3)13-17-6-4-5-9-22-17/h4-10,14-15H,11-13H2,1-3H3. The molecule has 29 heavy (non-hydrogen) atoms. The lowest BCUT2D eigenvalue weighted by Crippen LogP contribution is -2.48. The minimum atomic E-state index is -3.86. The summed E-state index contributed by atoms with van der Waals surface area (Å²) in [6, 6.07) is 9.79. The molecule has 1 aromatic heterocycles. The van der Waals surface area contributed by atoms with E-state index in [-0.39, 0.29) is 46.7 Å². The molecule has 2 unspecified atom stereocenters. The molecular weight excluding hydrogens is 414 g/mol. The predicted molar refractivity (Wildman–Crippen MR) is 110 cm³/mol. The Kier molecular flexibility index (Phi) is 6.58. The van der Waals surface area contributed by atoms with Crippen LogP contribution in [-0.4, -0.2) is 60.9 Å². The molecular formula is C20H24ClN3O4S. The van der Waals surface area contributed by atoms with Crippen molar-refractivity contribution in [1.82, 2.24) is 14.2 Å². The molecule has 1 saturated heterocycles. The first-order valence-electron chi connectivity index (χ1n) is 9.29. The van der Waals surface area contributed by atoms with E-state index in [9.17, 15) is 13.2 Å². The minimum absolute atomic E-state index is 0.0717. The van der Waals surface area contributed by atoms with Crippen LogP contribution in [-0.2, 0) is 21.3 Å². The minimum Gasteiger partial charge on any atom is -0.373 e. The van der Waals surface area contributed by atoms with Crippen molar-refractivity contribution in [2.45, 2.75) is 37.5 Å². The van der Waals surface area contributed by atoms with Gasteiger partial charge in [0.25, 0.3) is 5.91 Å². The van der Waals surface area contributed by atoms with Crippen LogP contribution in [0.15, 0.2) is 47.5 Å². The number of amides is 1. The number of carbonyl (C=O) groups is 1. The van der Waals surface area contributed by atoms with Crippen LogP contribution < -0.4 is 0 Å². The Morgan fingerprint density at radius 1 is 1.24 bits per heavy atom. The van der Waals surface area contributed by atoms with Crippen molar-refractivity contribution in [1.29, 1.82) is 0 Å². The molecule has 0 bridgehead atoms. The molecule has 9 heteroatoms. The smallest absolute Gasteiger partial charge is 0.253 e. The molecule has 0 N–H and O–H groups in total. The fourth-order valence-corrected chi connectivity index (χ4v) is 5.42. The van der Waals surface area contributed by atoms with Crippen LogP contribution in [0.2, 0.25) is 5.02 Å². The third-order valence-corrected chi connectivity index (χ3v) is 6.97. The second kappa shape index (κ2) is 8.79. The third-order valence-electron chi connectivity index (χ3n) is 4.65. The van der Waals surface area contributed by atoms with Crippen LogP contribution in [0.5, 0.6) is 0 Å². The van der Waals surface area contributed by atoms with E-state index in [0.717, 1.165) is 5.69 Å². The van der Waals surface area contributed by atoms with Crippen LogP contribution in [0.4, 0.5) is 0 Å². The number of aromatic nitrogens is 1. The van der Waals surface area contributed by atoms with Gasteiger partial charge in [-0.25, -0.2) is 8.42 Å². The van der Waals surface area contributed by atoms with E-state index in [1.807, 2.05) is 26.0 Å². The van der Waals surface area contributed by atoms with Crippen molar-refractivity contribution in [2.24, 2.45) is 0 Å². The first-order valence-corrected chi connectivity index (χ1v) is 11.1.